The Morgan fingerprint density at radius 1 is 1.03 bits per heavy atom. The molecule has 1 atom stereocenters. The molecule has 164 valence electrons. The van der Waals surface area contributed by atoms with E-state index in [-0.39, 0.29) is 24.7 Å². The van der Waals surface area contributed by atoms with E-state index in [4.69, 9.17) is 4.74 Å². The Morgan fingerprint density at radius 3 is 2.22 bits per heavy atom. The van der Waals surface area contributed by atoms with Crippen molar-refractivity contribution in [2.45, 2.75) is 37.8 Å². The number of likely N-dealkylation sites (tertiary alicyclic amines) is 1. The number of carbonyl (C=O) groups is 2. The average Bonchev–Trinajstić information content (AvgIpc) is 2.99. The highest BCUT2D eigenvalue weighted by Crippen LogP contribution is 2.44. The van der Waals surface area contributed by atoms with Gasteiger partial charge >= 0.3 is 5.97 Å². The Bertz CT molecular complexity index is 1130. The predicted molar refractivity (Wildman–Crippen MR) is 117 cm³/mol. The zero-order chi connectivity index (χ0) is 22.9. The van der Waals surface area contributed by atoms with Crippen LogP contribution < -0.4 is 0 Å². The molecule has 2 heterocycles. The molecule has 0 radical (unpaired) electrons. The normalized spacial score (nSPS) is 19.8. The molecule has 0 saturated carbocycles. The minimum atomic E-state index is -1.63. The number of halogens is 1. The van der Waals surface area contributed by atoms with Crippen molar-refractivity contribution in [3.8, 4) is 11.1 Å². The van der Waals surface area contributed by atoms with E-state index in [1.54, 1.807) is 36.5 Å². The first-order chi connectivity index (χ1) is 15.2. The molecule has 1 unspecified atom stereocenters. The Labute approximate surface area is 186 Å². The van der Waals surface area contributed by atoms with Crippen LogP contribution in [-0.4, -0.2) is 39.3 Å². The van der Waals surface area contributed by atoms with Crippen LogP contribution in [-0.2, 0) is 26.3 Å². The fourth-order valence-electron chi connectivity index (χ4n) is 4.02. The van der Waals surface area contributed by atoms with Crippen molar-refractivity contribution in [1.29, 1.82) is 0 Å². The van der Waals surface area contributed by atoms with Gasteiger partial charge in [0.15, 0.2) is 5.82 Å². The molecule has 1 aliphatic heterocycles. The van der Waals surface area contributed by atoms with Crippen LogP contribution in [0.3, 0.4) is 0 Å². The summed E-state index contributed by atoms with van der Waals surface area (Å²) in [5, 5.41) is 0. The fourth-order valence-corrected chi connectivity index (χ4v) is 4.02. The number of esters is 1. The molecule has 0 N–H and O–H groups in total. The van der Waals surface area contributed by atoms with Gasteiger partial charge in [-0.2, -0.15) is 0 Å². The van der Waals surface area contributed by atoms with Crippen LogP contribution in [0.4, 0.5) is 4.39 Å². The first kappa shape index (κ1) is 21.6. The summed E-state index contributed by atoms with van der Waals surface area (Å²) in [5.74, 6) is -1.30. The molecule has 1 aromatic heterocycles. The van der Waals surface area contributed by atoms with Crippen molar-refractivity contribution in [1.82, 2.24) is 14.9 Å². The van der Waals surface area contributed by atoms with Crippen LogP contribution in [0.2, 0.25) is 0 Å². The lowest BCUT2D eigenvalue weighted by molar-refractivity contribution is -0.156. The highest BCUT2D eigenvalue weighted by atomic mass is 19.1. The van der Waals surface area contributed by atoms with Gasteiger partial charge < -0.3 is 9.64 Å². The first-order valence-electron chi connectivity index (χ1n) is 10.3. The Hall–Kier alpha value is -3.61. The number of amides is 1. The van der Waals surface area contributed by atoms with E-state index < -0.39 is 22.8 Å². The van der Waals surface area contributed by atoms with Gasteiger partial charge in [-0.05, 0) is 37.1 Å². The van der Waals surface area contributed by atoms with Crippen LogP contribution in [0.25, 0.3) is 11.1 Å². The van der Waals surface area contributed by atoms with E-state index in [0.29, 0.717) is 5.56 Å². The standard InChI is InChI=1S/C25H24FN3O3/c1-24(2)16-25(22(30)29(24)3,23(31)32-15-17-7-5-4-6-8-17)21-27-13-19(14-28-21)18-9-11-20(26)12-10-18/h4-14H,15-16H2,1-3H3. The van der Waals surface area contributed by atoms with Crippen molar-refractivity contribution >= 4 is 11.9 Å². The van der Waals surface area contributed by atoms with Crippen molar-refractivity contribution in [2.24, 2.45) is 0 Å². The molecule has 0 bridgehead atoms. The molecule has 6 nitrogen and oxygen atoms in total. The monoisotopic (exact) mass is 433 g/mol. The van der Waals surface area contributed by atoms with Gasteiger partial charge in [-0.15, -0.1) is 0 Å². The summed E-state index contributed by atoms with van der Waals surface area (Å²) in [5.41, 5.74) is -0.00831. The molecule has 7 heteroatoms. The van der Waals surface area contributed by atoms with Gasteiger partial charge in [0.2, 0.25) is 11.3 Å². The van der Waals surface area contributed by atoms with Crippen LogP contribution in [0, 0.1) is 5.82 Å². The number of rotatable bonds is 5. The van der Waals surface area contributed by atoms with E-state index >= 15 is 0 Å². The molecule has 32 heavy (non-hydrogen) atoms. The zero-order valence-corrected chi connectivity index (χ0v) is 18.2. The number of aromatic nitrogens is 2. The maximum atomic E-state index is 13.4. The van der Waals surface area contributed by atoms with Crippen LogP contribution in [0.5, 0.6) is 0 Å². The molecule has 1 fully saturated rings. The lowest BCUT2D eigenvalue weighted by atomic mass is 9.80. The second kappa shape index (κ2) is 8.15. The number of benzene rings is 2. The summed E-state index contributed by atoms with van der Waals surface area (Å²) in [7, 11) is 1.67. The molecular weight excluding hydrogens is 409 g/mol. The van der Waals surface area contributed by atoms with E-state index in [2.05, 4.69) is 9.97 Å². The third-order valence-electron chi connectivity index (χ3n) is 6.05. The number of nitrogens with zero attached hydrogens (tertiary/aromatic N) is 3. The van der Waals surface area contributed by atoms with Gasteiger partial charge in [-0.3, -0.25) is 9.59 Å². The quantitative estimate of drug-likeness (QED) is 0.451. The largest absolute Gasteiger partial charge is 0.460 e. The maximum absolute atomic E-state index is 13.4. The molecule has 1 amide bonds. The number of ether oxygens (including phenoxy) is 1. The summed E-state index contributed by atoms with van der Waals surface area (Å²) in [6.07, 6.45) is 3.28. The van der Waals surface area contributed by atoms with Crippen molar-refractivity contribution in [3.05, 3.63) is 84.2 Å². The number of hydrogen-bond acceptors (Lipinski definition) is 5. The van der Waals surface area contributed by atoms with Crippen LogP contribution >= 0.6 is 0 Å². The van der Waals surface area contributed by atoms with Gasteiger partial charge in [-0.1, -0.05) is 42.5 Å². The van der Waals surface area contributed by atoms with Crippen molar-refractivity contribution in [2.75, 3.05) is 7.05 Å². The second-order valence-corrected chi connectivity index (χ2v) is 8.62. The van der Waals surface area contributed by atoms with Crippen molar-refractivity contribution < 1.29 is 18.7 Å². The van der Waals surface area contributed by atoms with Gasteiger partial charge in [0.25, 0.3) is 0 Å². The van der Waals surface area contributed by atoms with Crippen LogP contribution in [0.1, 0.15) is 31.7 Å². The van der Waals surface area contributed by atoms with Gasteiger partial charge in [-0.25, -0.2) is 14.4 Å². The number of carbonyl (C=O) groups excluding carboxylic acids is 2. The van der Waals surface area contributed by atoms with Crippen molar-refractivity contribution in [3.63, 3.8) is 0 Å². The Kier molecular flexibility index (Phi) is 5.50. The summed E-state index contributed by atoms with van der Waals surface area (Å²) in [6.45, 7) is 3.83. The molecule has 3 aromatic rings. The smallest absolute Gasteiger partial charge is 0.330 e. The topological polar surface area (TPSA) is 72.4 Å². The van der Waals surface area contributed by atoms with Gasteiger partial charge in [0.1, 0.15) is 12.4 Å². The van der Waals surface area contributed by atoms with E-state index in [0.717, 1.165) is 11.1 Å². The number of likely N-dealkylation sites (N-methyl/N-ethyl adjacent to an activating group) is 1. The van der Waals surface area contributed by atoms with E-state index in [1.807, 2.05) is 44.2 Å². The Balaban J connectivity index is 1.69. The van der Waals surface area contributed by atoms with Crippen LogP contribution in [0.15, 0.2) is 67.0 Å². The highest BCUT2D eigenvalue weighted by Gasteiger charge is 2.62. The molecule has 4 rings (SSSR count). The first-order valence-corrected chi connectivity index (χ1v) is 10.3. The van der Waals surface area contributed by atoms with Gasteiger partial charge in [0, 0.05) is 37.0 Å². The number of hydrogen-bond donors (Lipinski definition) is 0. The zero-order valence-electron chi connectivity index (χ0n) is 18.2. The fraction of sp³-hybridized carbons (Fsp3) is 0.280. The molecule has 0 aliphatic carbocycles. The lowest BCUT2D eigenvalue weighted by Crippen LogP contribution is -2.46. The van der Waals surface area contributed by atoms with E-state index in [9.17, 15) is 14.0 Å². The van der Waals surface area contributed by atoms with E-state index in [1.165, 1.54) is 12.1 Å². The third-order valence-corrected chi connectivity index (χ3v) is 6.05. The summed E-state index contributed by atoms with van der Waals surface area (Å²) in [6, 6.07) is 15.2. The Morgan fingerprint density at radius 2 is 1.66 bits per heavy atom. The third kappa shape index (κ3) is 3.75. The molecule has 2 aromatic carbocycles. The summed E-state index contributed by atoms with van der Waals surface area (Å²) < 4.78 is 18.8. The SMILES string of the molecule is CN1C(=O)C(C(=O)OCc2ccccc2)(c2ncc(-c3ccc(F)cc3)cn2)CC1(C)C. The summed E-state index contributed by atoms with van der Waals surface area (Å²) >= 11 is 0. The highest BCUT2D eigenvalue weighted by molar-refractivity contribution is 6.10. The van der Waals surface area contributed by atoms with Gasteiger partial charge in [0.05, 0.1) is 0 Å². The second-order valence-electron chi connectivity index (χ2n) is 8.62. The maximum Gasteiger partial charge on any atom is 0.330 e. The molecular formula is C25H24FN3O3. The minimum absolute atomic E-state index is 0.0481. The predicted octanol–water partition coefficient (Wildman–Crippen LogP) is 3.90. The molecule has 0 spiro atoms. The average molecular weight is 433 g/mol. The molecule has 1 saturated heterocycles. The summed E-state index contributed by atoms with van der Waals surface area (Å²) in [4.78, 5) is 37.1. The molecule has 1 aliphatic rings. The lowest BCUT2D eigenvalue weighted by Gasteiger charge is -2.26. The minimum Gasteiger partial charge on any atom is -0.460 e.